The van der Waals surface area contributed by atoms with Gasteiger partial charge < -0.3 is 5.32 Å². The molecule has 2 nitrogen and oxygen atoms in total. The predicted molar refractivity (Wildman–Crippen MR) is 94.6 cm³/mol. The summed E-state index contributed by atoms with van der Waals surface area (Å²) in [4.78, 5) is 13.1. The van der Waals surface area contributed by atoms with Crippen LogP contribution in [-0.2, 0) is 4.79 Å². The Morgan fingerprint density at radius 3 is 2.35 bits per heavy atom. The number of benzene rings is 2. The molecule has 0 fully saturated rings. The molecule has 2 aromatic rings. The highest BCUT2D eigenvalue weighted by atomic mass is 127. The van der Waals surface area contributed by atoms with Gasteiger partial charge in [-0.05, 0) is 78.0 Å². The Bertz CT molecular complexity index is 586. The van der Waals surface area contributed by atoms with Crippen LogP contribution in [0.4, 0.5) is 5.69 Å². The Morgan fingerprint density at radius 1 is 1.15 bits per heavy atom. The zero-order valence-electron chi connectivity index (χ0n) is 10.8. The fraction of sp³-hybridized carbons (Fsp3) is 0.133. The summed E-state index contributed by atoms with van der Waals surface area (Å²) in [6.07, 6.45) is 0. The molecule has 2 aromatic carbocycles. The highest BCUT2D eigenvalue weighted by Gasteiger charge is 2.14. The molecule has 2 rings (SSSR count). The lowest BCUT2D eigenvalue weighted by molar-refractivity contribution is -0.115. The molecule has 0 radical (unpaired) electrons. The molecule has 5 heteroatoms. The van der Waals surface area contributed by atoms with Gasteiger partial charge >= 0.3 is 0 Å². The third-order valence-electron chi connectivity index (χ3n) is 2.61. The lowest BCUT2D eigenvalue weighted by Crippen LogP contribution is -2.22. The number of rotatable bonds is 4. The van der Waals surface area contributed by atoms with Gasteiger partial charge in [0.1, 0.15) is 0 Å². The van der Waals surface area contributed by atoms with Crippen LogP contribution in [-0.4, -0.2) is 11.2 Å². The molecule has 104 valence electrons. The Kier molecular flexibility index (Phi) is 5.74. The van der Waals surface area contributed by atoms with Crippen molar-refractivity contribution in [1.29, 1.82) is 0 Å². The van der Waals surface area contributed by atoms with Crippen LogP contribution in [0.5, 0.6) is 0 Å². The van der Waals surface area contributed by atoms with E-state index in [2.05, 4.69) is 27.9 Å². The first kappa shape index (κ1) is 15.7. The van der Waals surface area contributed by atoms with Crippen molar-refractivity contribution in [2.75, 3.05) is 5.32 Å². The maximum Gasteiger partial charge on any atom is 0.237 e. The average Bonchev–Trinajstić information content (AvgIpc) is 2.44. The number of carbonyl (C=O) groups is 1. The minimum atomic E-state index is -0.171. The molecule has 0 unspecified atom stereocenters. The number of hydrogen-bond donors (Lipinski definition) is 1. The second-order valence-corrected chi connectivity index (χ2v) is 7.31. The molecule has 0 aliphatic rings. The molecule has 0 heterocycles. The van der Waals surface area contributed by atoms with E-state index in [0.717, 1.165) is 14.2 Å². The van der Waals surface area contributed by atoms with Gasteiger partial charge in [-0.15, -0.1) is 11.8 Å². The fourth-order valence-corrected chi connectivity index (χ4v) is 2.90. The minimum absolute atomic E-state index is 0.00819. The molecule has 0 aliphatic heterocycles. The monoisotopic (exact) mass is 417 g/mol. The molecule has 0 spiro atoms. The second-order valence-electron chi connectivity index (χ2n) is 4.21. The molecule has 0 saturated carbocycles. The second kappa shape index (κ2) is 7.33. The van der Waals surface area contributed by atoms with Crippen LogP contribution in [0.25, 0.3) is 0 Å². The van der Waals surface area contributed by atoms with E-state index >= 15 is 0 Å². The number of carbonyl (C=O) groups excluding carboxylic acids is 1. The number of anilines is 1. The van der Waals surface area contributed by atoms with E-state index in [0.29, 0.717) is 5.02 Å². The number of halogens is 2. The first-order valence-corrected chi connectivity index (χ1v) is 8.37. The van der Waals surface area contributed by atoms with Crippen LogP contribution in [0, 0.1) is 3.57 Å². The van der Waals surface area contributed by atoms with Crippen molar-refractivity contribution in [3.63, 3.8) is 0 Å². The van der Waals surface area contributed by atoms with E-state index in [1.807, 2.05) is 55.5 Å². The van der Waals surface area contributed by atoms with Gasteiger partial charge in [0.05, 0.1) is 5.25 Å². The van der Waals surface area contributed by atoms with Crippen molar-refractivity contribution in [2.45, 2.75) is 17.1 Å². The van der Waals surface area contributed by atoms with Crippen LogP contribution in [0.2, 0.25) is 5.02 Å². The van der Waals surface area contributed by atoms with Crippen LogP contribution >= 0.6 is 46.0 Å². The van der Waals surface area contributed by atoms with Gasteiger partial charge in [-0.25, -0.2) is 0 Å². The topological polar surface area (TPSA) is 29.1 Å². The molecular weight excluding hydrogens is 405 g/mol. The quantitative estimate of drug-likeness (QED) is 0.556. The summed E-state index contributed by atoms with van der Waals surface area (Å²) in [5, 5.41) is 3.44. The van der Waals surface area contributed by atoms with Crippen LogP contribution in [0.1, 0.15) is 6.92 Å². The summed E-state index contributed by atoms with van der Waals surface area (Å²) >= 11 is 9.59. The van der Waals surface area contributed by atoms with E-state index in [9.17, 15) is 4.79 Å². The summed E-state index contributed by atoms with van der Waals surface area (Å²) < 4.78 is 1.14. The van der Waals surface area contributed by atoms with E-state index in [4.69, 9.17) is 11.6 Å². The summed E-state index contributed by atoms with van der Waals surface area (Å²) in [7, 11) is 0. The van der Waals surface area contributed by atoms with Gasteiger partial charge in [0.2, 0.25) is 5.91 Å². The summed E-state index contributed by atoms with van der Waals surface area (Å²) in [5.41, 5.74) is 0.818. The highest BCUT2D eigenvalue weighted by molar-refractivity contribution is 14.1. The Hall–Kier alpha value is -0.720. The zero-order chi connectivity index (χ0) is 14.5. The molecular formula is C15H13ClINOS. The third kappa shape index (κ3) is 4.68. The van der Waals surface area contributed by atoms with Gasteiger partial charge in [-0.1, -0.05) is 11.6 Å². The summed E-state index contributed by atoms with van der Waals surface area (Å²) in [6.45, 7) is 1.89. The van der Waals surface area contributed by atoms with Crippen molar-refractivity contribution < 1.29 is 4.79 Å². The Balaban J connectivity index is 1.94. The van der Waals surface area contributed by atoms with Crippen molar-refractivity contribution in [3.8, 4) is 0 Å². The smallest absolute Gasteiger partial charge is 0.237 e. The maximum absolute atomic E-state index is 12.1. The first-order valence-electron chi connectivity index (χ1n) is 6.03. The zero-order valence-corrected chi connectivity index (χ0v) is 14.5. The van der Waals surface area contributed by atoms with Gasteiger partial charge in [-0.3, -0.25) is 4.79 Å². The number of amides is 1. The predicted octanol–water partition coefficient (Wildman–Crippen LogP) is 5.06. The summed E-state index contributed by atoms with van der Waals surface area (Å²) in [5.74, 6) is -0.00819. The van der Waals surface area contributed by atoms with Crippen molar-refractivity contribution in [1.82, 2.24) is 0 Å². The van der Waals surface area contributed by atoms with Crippen molar-refractivity contribution in [2.24, 2.45) is 0 Å². The van der Waals surface area contributed by atoms with Gasteiger partial charge in [0, 0.05) is 19.2 Å². The first-order chi connectivity index (χ1) is 9.54. The van der Waals surface area contributed by atoms with Gasteiger partial charge in [0.25, 0.3) is 0 Å². The van der Waals surface area contributed by atoms with E-state index in [1.165, 1.54) is 11.8 Å². The molecule has 0 aromatic heterocycles. The highest BCUT2D eigenvalue weighted by Crippen LogP contribution is 2.25. The SMILES string of the molecule is C[C@H](Sc1ccc(Cl)cc1)C(=O)Nc1ccc(I)cc1. The van der Waals surface area contributed by atoms with Crippen LogP contribution in [0.3, 0.4) is 0 Å². The number of nitrogens with one attached hydrogen (secondary N) is 1. The molecule has 20 heavy (non-hydrogen) atoms. The molecule has 1 amide bonds. The van der Waals surface area contributed by atoms with Crippen LogP contribution < -0.4 is 5.32 Å². The van der Waals surface area contributed by atoms with Crippen LogP contribution in [0.15, 0.2) is 53.4 Å². The average molecular weight is 418 g/mol. The molecule has 0 bridgehead atoms. The van der Waals surface area contributed by atoms with E-state index in [1.54, 1.807) is 0 Å². The standard InChI is InChI=1S/C15H13ClINOS/c1-10(20-14-8-2-11(16)3-9-14)15(19)18-13-6-4-12(17)5-7-13/h2-10H,1H3,(H,18,19)/t10-/m0/s1. The fourth-order valence-electron chi connectivity index (χ4n) is 1.55. The lowest BCUT2D eigenvalue weighted by atomic mass is 10.3. The third-order valence-corrected chi connectivity index (χ3v) is 4.69. The lowest BCUT2D eigenvalue weighted by Gasteiger charge is -2.12. The summed E-state index contributed by atoms with van der Waals surface area (Å²) in [6, 6.07) is 15.2. The number of thioether (sulfide) groups is 1. The Labute approximate surface area is 141 Å². The number of hydrogen-bond acceptors (Lipinski definition) is 2. The Morgan fingerprint density at radius 2 is 1.75 bits per heavy atom. The molecule has 0 aliphatic carbocycles. The van der Waals surface area contributed by atoms with Gasteiger partial charge in [-0.2, -0.15) is 0 Å². The molecule has 1 N–H and O–H groups in total. The van der Waals surface area contributed by atoms with Crippen molar-refractivity contribution >= 4 is 57.5 Å². The van der Waals surface area contributed by atoms with Crippen molar-refractivity contribution in [3.05, 3.63) is 57.1 Å². The van der Waals surface area contributed by atoms with E-state index in [-0.39, 0.29) is 11.2 Å². The normalized spacial score (nSPS) is 11.9. The minimum Gasteiger partial charge on any atom is -0.325 e. The molecule has 1 atom stereocenters. The molecule has 0 saturated heterocycles. The maximum atomic E-state index is 12.1. The largest absolute Gasteiger partial charge is 0.325 e. The van der Waals surface area contributed by atoms with Gasteiger partial charge in [0.15, 0.2) is 0 Å². The van der Waals surface area contributed by atoms with E-state index < -0.39 is 0 Å².